The van der Waals surface area contributed by atoms with Crippen LogP contribution in [0.25, 0.3) is 0 Å². The van der Waals surface area contributed by atoms with Gasteiger partial charge in [0.2, 0.25) is 5.89 Å². The molecular weight excluding hydrogens is 214 g/mol. The van der Waals surface area contributed by atoms with E-state index in [-0.39, 0.29) is 11.5 Å². The molecule has 2 rings (SSSR count). The lowest BCUT2D eigenvalue weighted by Crippen LogP contribution is -2.24. The fraction of sp³-hybridized carbons (Fsp3) is 0.846. The van der Waals surface area contributed by atoms with Crippen LogP contribution >= 0.6 is 0 Å². The van der Waals surface area contributed by atoms with Crippen LogP contribution in [0.4, 0.5) is 0 Å². The lowest BCUT2D eigenvalue weighted by atomic mass is 9.84. The van der Waals surface area contributed by atoms with E-state index < -0.39 is 0 Å². The summed E-state index contributed by atoms with van der Waals surface area (Å²) in [5, 5.41) is 4.05. The molecule has 0 saturated heterocycles. The number of aromatic nitrogens is 2. The van der Waals surface area contributed by atoms with Crippen molar-refractivity contribution in [3.63, 3.8) is 0 Å². The molecule has 0 aliphatic heterocycles. The van der Waals surface area contributed by atoms with Crippen LogP contribution in [-0.2, 0) is 5.41 Å². The summed E-state index contributed by atoms with van der Waals surface area (Å²) in [4.78, 5) is 4.45. The zero-order valence-corrected chi connectivity index (χ0v) is 11.1. The van der Waals surface area contributed by atoms with Crippen molar-refractivity contribution in [1.82, 2.24) is 10.1 Å². The topological polar surface area (TPSA) is 64.9 Å². The first-order chi connectivity index (χ1) is 7.98. The Morgan fingerprint density at radius 3 is 2.41 bits per heavy atom. The van der Waals surface area contributed by atoms with Crippen molar-refractivity contribution in [2.45, 2.75) is 64.3 Å². The van der Waals surface area contributed by atoms with Gasteiger partial charge in [0.25, 0.3) is 0 Å². The highest BCUT2D eigenvalue weighted by Gasteiger charge is 2.28. The summed E-state index contributed by atoms with van der Waals surface area (Å²) in [6.07, 6.45) is 6.29. The summed E-state index contributed by atoms with van der Waals surface area (Å²) in [6, 6.07) is -0.0600. The van der Waals surface area contributed by atoms with Crippen molar-refractivity contribution in [3.05, 3.63) is 11.7 Å². The average molecular weight is 237 g/mol. The predicted molar refractivity (Wildman–Crippen MR) is 66.5 cm³/mol. The first-order valence-corrected chi connectivity index (χ1v) is 6.58. The fourth-order valence-corrected chi connectivity index (χ4v) is 2.38. The smallest absolute Gasteiger partial charge is 0.232 e. The van der Waals surface area contributed by atoms with Crippen molar-refractivity contribution < 1.29 is 4.52 Å². The van der Waals surface area contributed by atoms with E-state index in [9.17, 15) is 0 Å². The van der Waals surface area contributed by atoms with Crippen LogP contribution in [0.5, 0.6) is 0 Å². The number of hydrogen-bond donors (Lipinski definition) is 1. The first kappa shape index (κ1) is 12.6. The normalized spacial score (nSPS) is 20.5. The minimum absolute atomic E-state index is 0.0600. The van der Waals surface area contributed by atoms with Crippen LogP contribution in [0.1, 0.15) is 70.6 Å². The summed E-state index contributed by atoms with van der Waals surface area (Å²) < 4.78 is 5.30. The summed E-state index contributed by atoms with van der Waals surface area (Å²) >= 11 is 0. The molecule has 1 aliphatic carbocycles. The lowest BCUT2D eigenvalue weighted by Gasteiger charge is -2.25. The molecule has 1 aromatic rings. The van der Waals surface area contributed by atoms with E-state index in [2.05, 4.69) is 30.9 Å². The summed E-state index contributed by atoms with van der Waals surface area (Å²) in [7, 11) is 0. The van der Waals surface area contributed by atoms with Gasteiger partial charge < -0.3 is 10.3 Å². The maximum atomic E-state index is 6.24. The molecular formula is C13H23N3O. The monoisotopic (exact) mass is 237 g/mol. The largest absolute Gasteiger partial charge is 0.339 e. The van der Waals surface area contributed by atoms with Gasteiger partial charge in [-0.25, -0.2) is 0 Å². The standard InChI is InChI=1S/C13H23N3O/c1-13(2,3)12-15-11(16-17-12)10(14)9-7-5-4-6-8-9/h9-10H,4-8,14H2,1-3H3. The third kappa shape index (κ3) is 2.86. The minimum atomic E-state index is -0.0997. The van der Waals surface area contributed by atoms with E-state index >= 15 is 0 Å². The van der Waals surface area contributed by atoms with Gasteiger partial charge in [0, 0.05) is 5.41 Å². The van der Waals surface area contributed by atoms with Crippen LogP contribution < -0.4 is 5.73 Å². The Kier molecular flexibility index (Phi) is 3.52. The van der Waals surface area contributed by atoms with E-state index in [1.54, 1.807) is 0 Å². The molecule has 1 aliphatic rings. The summed E-state index contributed by atoms with van der Waals surface area (Å²) in [5.41, 5.74) is 6.14. The molecule has 0 bridgehead atoms. The summed E-state index contributed by atoms with van der Waals surface area (Å²) in [5.74, 6) is 1.88. The van der Waals surface area contributed by atoms with Crippen molar-refractivity contribution >= 4 is 0 Å². The average Bonchev–Trinajstić information content (AvgIpc) is 2.78. The molecule has 1 aromatic heterocycles. The second-order valence-electron chi connectivity index (χ2n) is 6.13. The Bertz CT molecular complexity index is 361. The van der Waals surface area contributed by atoms with Crippen LogP contribution in [-0.4, -0.2) is 10.1 Å². The van der Waals surface area contributed by atoms with Gasteiger partial charge in [0.05, 0.1) is 6.04 Å². The van der Waals surface area contributed by atoms with Gasteiger partial charge in [-0.1, -0.05) is 45.2 Å². The van der Waals surface area contributed by atoms with Crippen LogP contribution in [0, 0.1) is 5.92 Å². The van der Waals surface area contributed by atoms with Crippen LogP contribution in [0.3, 0.4) is 0 Å². The van der Waals surface area contributed by atoms with E-state index in [4.69, 9.17) is 10.3 Å². The number of nitrogens with two attached hydrogens (primary N) is 1. The maximum Gasteiger partial charge on any atom is 0.232 e. The lowest BCUT2D eigenvalue weighted by molar-refractivity contribution is 0.286. The van der Waals surface area contributed by atoms with Gasteiger partial charge in [-0.3, -0.25) is 0 Å². The van der Waals surface area contributed by atoms with Gasteiger partial charge in [-0.05, 0) is 18.8 Å². The molecule has 1 atom stereocenters. The highest BCUT2D eigenvalue weighted by Crippen LogP contribution is 2.32. The first-order valence-electron chi connectivity index (χ1n) is 6.58. The molecule has 0 radical (unpaired) electrons. The highest BCUT2D eigenvalue weighted by atomic mass is 16.5. The molecule has 96 valence electrons. The van der Waals surface area contributed by atoms with Gasteiger partial charge in [-0.15, -0.1) is 0 Å². The molecule has 4 heteroatoms. The molecule has 2 N–H and O–H groups in total. The third-order valence-electron chi connectivity index (χ3n) is 3.54. The summed E-state index contributed by atoms with van der Waals surface area (Å²) in [6.45, 7) is 6.20. The Balaban J connectivity index is 2.08. The van der Waals surface area contributed by atoms with E-state index in [0.717, 1.165) is 0 Å². The second kappa shape index (κ2) is 4.77. The van der Waals surface area contributed by atoms with E-state index in [1.165, 1.54) is 32.1 Å². The Morgan fingerprint density at radius 1 is 1.24 bits per heavy atom. The van der Waals surface area contributed by atoms with Gasteiger partial charge in [-0.2, -0.15) is 4.98 Å². The van der Waals surface area contributed by atoms with Crippen molar-refractivity contribution in [2.75, 3.05) is 0 Å². The highest BCUT2D eigenvalue weighted by molar-refractivity contribution is 5.02. The Labute approximate surface area is 103 Å². The van der Waals surface area contributed by atoms with Crippen molar-refractivity contribution in [2.24, 2.45) is 11.7 Å². The molecule has 0 spiro atoms. The number of nitrogens with zero attached hydrogens (tertiary/aromatic N) is 2. The molecule has 0 aromatic carbocycles. The third-order valence-corrected chi connectivity index (χ3v) is 3.54. The molecule has 4 nitrogen and oxygen atoms in total. The number of rotatable bonds is 2. The minimum Gasteiger partial charge on any atom is -0.339 e. The molecule has 1 unspecified atom stereocenters. The van der Waals surface area contributed by atoms with Crippen molar-refractivity contribution in [1.29, 1.82) is 0 Å². The Hall–Kier alpha value is -0.900. The zero-order chi connectivity index (χ0) is 12.5. The van der Waals surface area contributed by atoms with Crippen LogP contribution in [0.2, 0.25) is 0 Å². The van der Waals surface area contributed by atoms with Gasteiger partial charge in [0.1, 0.15) is 0 Å². The molecule has 1 heterocycles. The Morgan fingerprint density at radius 2 is 1.88 bits per heavy atom. The van der Waals surface area contributed by atoms with E-state index in [0.29, 0.717) is 17.6 Å². The SMILES string of the molecule is CC(C)(C)c1nc(C(N)C2CCCCC2)no1. The zero-order valence-electron chi connectivity index (χ0n) is 11.1. The quantitative estimate of drug-likeness (QED) is 0.858. The molecule has 17 heavy (non-hydrogen) atoms. The second-order valence-corrected chi connectivity index (χ2v) is 6.13. The fourth-order valence-electron chi connectivity index (χ4n) is 2.38. The molecule has 1 saturated carbocycles. The number of hydrogen-bond acceptors (Lipinski definition) is 4. The predicted octanol–water partition coefficient (Wildman–Crippen LogP) is 2.95. The molecule has 1 fully saturated rings. The van der Waals surface area contributed by atoms with Crippen molar-refractivity contribution in [3.8, 4) is 0 Å². The van der Waals surface area contributed by atoms with E-state index in [1.807, 2.05) is 0 Å². The van der Waals surface area contributed by atoms with Gasteiger partial charge >= 0.3 is 0 Å². The van der Waals surface area contributed by atoms with Gasteiger partial charge in [0.15, 0.2) is 5.82 Å². The van der Waals surface area contributed by atoms with Crippen LogP contribution in [0.15, 0.2) is 4.52 Å². The molecule has 0 amide bonds. The maximum absolute atomic E-state index is 6.24.